The molecule has 2 aromatic carbocycles. The lowest BCUT2D eigenvalue weighted by Gasteiger charge is -2.11. The number of hydrogen-bond donors (Lipinski definition) is 1. The highest BCUT2D eigenvalue weighted by atomic mass is 79.9. The molecule has 182 valence electrons. The van der Waals surface area contributed by atoms with Crippen LogP contribution in [0.15, 0.2) is 76.4 Å². The molecule has 0 amide bonds. The number of pyridine rings is 1. The lowest BCUT2D eigenvalue weighted by Crippen LogP contribution is -2.25. The van der Waals surface area contributed by atoms with Crippen LogP contribution in [0.4, 0.5) is 0 Å². The van der Waals surface area contributed by atoms with Crippen LogP contribution in [0.2, 0.25) is 0 Å². The lowest BCUT2D eigenvalue weighted by atomic mass is 10.00. The summed E-state index contributed by atoms with van der Waals surface area (Å²) in [4.78, 5) is 17.9. The minimum Gasteiger partial charge on any atom is -0.292 e. The molecule has 0 saturated carbocycles. The molecule has 36 heavy (non-hydrogen) atoms. The Kier molecular flexibility index (Phi) is 6.90. The Morgan fingerprint density at radius 1 is 1.03 bits per heavy atom. The van der Waals surface area contributed by atoms with Crippen molar-refractivity contribution in [1.29, 1.82) is 0 Å². The molecule has 1 N–H and O–H groups in total. The minimum absolute atomic E-state index is 0.0293. The predicted molar refractivity (Wildman–Crippen MR) is 143 cm³/mol. The van der Waals surface area contributed by atoms with Crippen LogP contribution in [0.1, 0.15) is 37.1 Å². The van der Waals surface area contributed by atoms with Crippen LogP contribution in [0.25, 0.3) is 28.2 Å². The summed E-state index contributed by atoms with van der Waals surface area (Å²) in [5.74, 6) is 0.567. The van der Waals surface area contributed by atoms with Crippen molar-refractivity contribution in [2.75, 3.05) is 0 Å². The summed E-state index contributed by atoms with van der Waals surface area (Å²) in [6, 6.07) is 16.3. The maximum Gasteiger partial charge on any atom is 0.333 e. The first kappa shape index (κ1) is 23.9. The molecule has 0 atom stereocenters. The molecule has 9 heteroatoms. The van der Waals surface area contributed by atoms with E-state index in [1.807, 2.05) is 29.0 Å². The van der Waals surface area contributed by atoms with Crippen molar-refractivity contribution in [2.24, 2.45) is 0 Å². The van der Waals surface area contributed by atoms with Gasteiger partial charge in [0.05, 0.1) is 12.2 Å². The Labute approximate surface area is 217 Å². The van der Waals surface area contributed by atoms with Crippen LogP contribution < -0.4 is 5.69 Å². The number of tetrazole rings is 1. The first-order valence-corrected chi connectivity index (χ1v) is 12.8. The van der Waals surface area contributed by atoms with Gasteiger partial charge < -0.3 is 0 Å². The molecule has 5 aromatic rings. The number of benzene rings is 2. The van der Waals surface area contributed by atoms with Crippen LogP contribution in [0.3, 0.4) is 0 Å². The van der Waals surface area contributed by atoms with Crippen molar-refractivity contribution in [3.8, 4) is 28.2 Å². The molecular formula is C27H26BrN7O. The van der Waals surface area contributed by atoms with Gasteiger partial charge in [-0.25, -0.2) is 9.89 Å². The Morgan fingerprint density at radius 3 is 2.58 bits per heavy atom. The third kappa shape index (κ3) is 4.54. The van der Waals surface area contributed by atoms with E-state index in [2.05, 4.69) is 85.7 Å². The van der Waals surface area contributed by atoms with E-state index in [9.17, 15) is 4.79 Å². The van der Waals surface area contributed by atoms with Gasteiger partial charge in [-0.3, -0.25) is 14.1 Å². The van der Waals surface area contributed by atoms with Gasteiger partial charge in [-0.1, -0.05) is 56.7 Å². The van der Waals surface area contributed by atoms with Crippen LogP contribution in [0.5, 0.6) is 0 Å². The van der Waals surface area contributed by atoms with E-state index < -0.39 is 0 Å². The quantitative estimate of drug-likeness (QED) is 0.290. The summed E-state index contributed by atoms with van der Waals surface area (Å²) in [6.07, 6.45) is 8.13. The zero-order chi connectivity index (χ0) is 25.1. The summed E-state index contributed by atoms with van der Waals surface area (Å²) >= 11 is 3.66. The van der Waals surface area contributed by atoms with Gasteiger partial charge in [-0.05, 0) is 73.6 Å². The summed E-state index contributed by atoms with van der Waals surface area (Å²) in [6.45, 7) is 4.74. The van der Waals surface area contributed by atoms with Gasteiger partial charge in [0.15, 0.2) is 5.82 Å². The van der Waals surface area contributed by atoms with Crippen molar-refractivity contribution in [3.05, 3.63) is 98.9 Å². The van der Waals surface area contributed by atoms with Gasteiger partial charge in [0, 0.05) is 34.3 Å². The summed E-state index contributed by atoms with van der Waals surface area (Å²) in [5, 5.41) is 14.2. The number of nitrogens with one attached hydrogen (secondary N) is 1. The van der Waals surface area contributed by atoms with E-state index in [1.165, 1.54) is 0 Å². The van der Waals surface area contributed by atoms with Crippen LogP contribution in [0, 0.1) is 0 Å². The third-order valence-electron chi connectivity index (χ3n) is 6.29. The maximum absolute atomic E-state index is 13.6. The molecule has 0 aliphatic heterocycles. The summed E-state index contributed by atoms with van der Waals surface area (Å²) in [5.41, 5.74) is 6.93. The molecule has 0 bridgehead atoms. The fourth-order valence-electron chi connectivity index (χ4n) is 4.51. The molecule has 0 unspecified atom stereocenters. The van der Waals surface area contributed by atoms with Crippen LogP contribution in [-0.2, 0) is 19.4 Å². The summed E-state index contributed by atoms with van der Waals surface area (Å²) in [7, 11) is 0. The number of rotatable bonds is 8. The fourth-order valence-corrected chi connectivity index (χ4v) is 5.11. The zero-order valence-electron chi connectivity index (χ0n) is 20.1. The topological polar surface area (TPSA) is 94.3 Å². The second kappa shape index (κ2) is 10.4. The molecule has 0 aliphatic carbocycles. The molecule has 0 fully saturated rings. The minimum atomic E-state index is -0.0293. The van der Waals surface area contributed by atoms with Crippen molar-refractivity contribution in [3.63, 3.8) is 0 Å². The van der Waals surface area contributed by atoms with Gasteiger partial charge in [0.25, 0.3) is 0 Å². The average Bonchev–Trinajstić information content (AvgIpc) is 3.54. The number of H-pyrrole nitrogens is 1. The van der Waals surface area contributed by atoms with Crippen molar-refractivity contribution in [2.45, 2.75) is 39.7 Å². The number of halogens is 1. The van der Waals surface area contributed by atoms with Crippen LogP contribution in [-0.4, -0.2) is 34.7 Å². The number of aromatic amines is 1. The van der Waals surface area contributed by atoms with Gasteiger partial charge in [-0.2, -0.15) is 0 Å². The van der Waals surface area contributed by atoms with Gasteiger partial charge in [0.2, 0.25) is 0 Å². The average molecular weight is 544 g/mol. The molecule has 3 aromatic heterocycles. The molecule has 0 aliphatic rings. The highest BCUT2D eigenvalue weighted by Crippen LogP contribution is 2.29. The molecular weight excluding hydrogens is 518 g/mol. The smallest absolute Gasteiger partial charge is 0.292 e. The fraction of sp³-hybridized carbons (Fsp3) is 0.222. The molecule has 0 saturated heterocycles. The standard InChI is InChI=1S/C27H26BrN7O/c1-3-6-21-17-35(25-19(4-2)7-5-8-24(25)28)27(36)34(21)16-18-9-11-20(12-10-18)22-13-14-29-15-23(22)26-30-32-33-31-26/h5,7-15,17H,3-4,6,16H2,1-2H3,(H,30,31,32,33). The highest BCUT2D eigenvalue weighted by molar-refractivity contribution is 9.10. The van der Waals surface area contributed by atoms with E-state index in [1.54, 1.807) is 17.0 Å². The summed E-state index contributed by atoms with van der Waals surface area (Å²) < 4.78 is 4.59. The SMILES string of the molecule is CCCc1cn(-c2c(Br)cccc2CC)c(=O)n1Cc1ccc(-c2ccncc2-c2nnn[nH]2)cc1. The van der Waals surface area contributed by atoms with Crippen molar-refractivity contribution in [1.82, 2.24) is 34.7 Å². The van der Waals surface area contributed by atoms with Crippen molar-refractivity contribution < 1.29 is 0 Å². The van der Waals surface area contributed by atoms with E-state index in [0.717, 1.165) is 62.9 Å². The number of aromatic nitrogens is 7. The van der Waals surface area contributed by atoms with E-state index in [0.29, 0.717) is 12.4 Å². The lowest BCUT2D eigenvalue weighted by molar-refractivity contribution is 0.691. The molecule has 5 rings (SSSR count). The largest absolute Gasteiger partial charge is 0.333 e. The molecule has 3 heterocycles. The Morgan fingerprint density at radius 2 is 1.86 bits per heavy atom. The number of aryl methyl sites for hydroxylation is 2. The number of para-hydroxylation sites is 1. The van der Waals surface area contributed by atoms with Crippen LogP contribution >= 0.6 is 15.9 Å². The first-order valence-electron chi connectivity index (χ1n) is 12.0. The first-order chi connectivity index (χ1) is 17.6. The van der Waals surface area contributed by atoms with Crippen molar-refractivity contribution >= 4 is 15.9 Å². The van der Waals surface area contributed by atoms with Gasteiger partial charge in [-0.15, -0.1) is 5.10 Å². The highest BCUT2D eigenvalue weighted by Gasteiger charge is 2.17. The number of nitrogens with zero attached hydrogens (tertiary/aromatic N) is 6. The molecule has 0 spiro atoms. The molecule has 0 radical (unpaired) electrons. The number of imidazole rings is 1. The van der Waals surface area contributed by atoms with E-state index in [-0.39, 0.29) is 5.69 Å². The predicted octanol–water partition coefficient (Wildman–Crippen LogP) is 5.21. The second-order valence-corrected chi connectivity index (χ2v) is 9.43. The molecule has 8 nitrogen and oxygen atoms in total. The van der Waals surface area contributed by atoms with E-state index in [4.69, 9.17) is 0 Å². The third-order valence-corrected chi connectivity index (χ3v) is 6.93. The normalized spacial score (nSPS) is 11.2. The Balaban J connectivity index is 1.50. The number of hydrogen-bond acceptors (Lipinski definition) is 5. The Bertz CT molecular complexity index is 1540. The van der Waals surface area contributed by atoms with E-state index >= 15 is 0 Å². The second-order valence-electron chi connectivity index (χ2n) is 8.58. The monoisotopic (exact) mass is 543 g/mol. The van der Waals surface area contributed by atoms with Gasteiger partial charge >= 0.3 is 5.69 Å². The zero-order valence-corrected chi connectivity index (χ0v) is 21.7. The van der Waals surface area contributed by atoms with Gasteiger partial charge in [0.1, 0.15) is 0 Å². The maximum atomic E-state index is 13.6. The Hall–Kier alpha value is -3.85.